The van der Waals surface area contributed by atoms with E-state index in [1.807, 2.05) is 24.3 Å². The van der Waals surface area contributed by atoms with E-state index in [1.54, 1.807) is 0 Å². The van der Waals surface area contributed by atoms with Gasteiger partial charge in [0, 0.05) is 0 Å². The molecular formula is C35H36Cl2Zr-2. The maximum atomic E-state index is 3.82. The van der Waals surface area contributed by atoms with Crippen LogP contribution in [0.2, 0.25) is 0 Å². The van der Waals surface area contributed by atoms with Gasteiger partial charge in [0.1, 0.15) is 0 Å². The van der Waals surface area contributed by atoms with Gasteiger partial charge in [0.2, 0.25) is 0 Å². The van der Waals surface area contributed by atoms with Gasteiger partial charge in [-0.3, -0.25) is 6.08 Å². The van der Waals surface area contributed by atoms with Gasteiger partial charge in [-0.2, -0.15) is 35.4 Å². The zero-order valence-electron chi connectivity index (χ0n) is 23.0. The van der Waals surface area contributed by atoms with Crippen molar-refractivity contribution in [3.63, 3.8) is 0 Å². The average Bonchev–Trinajstić information content (AvgIpc) is 3.48. The monoisotopic (exact) mass is 616 g/mol. The van der Waals surface area contributed by atoms with Crippen molar-refractivity contribution in [2.75, 3.05) is 0 Å². The summed E-state index contributed by atoms with van der Waals surface area (Å²) >= 11 is 1.51. The smallest absolute Gasteiger partial charge is 1.00 e. The van der Waals surface area contributed by atoms with E-state index in [9.17, 15) is 0 Å². The van der Waals surface area contributed by atoms with Crippen LogP contribution in [0.25, 0.3) is 23.3 Å². The molecule has 0 saturated heterocycles. The molecule has 0 N–H and O–H groups in total. The van der Waals surface area contributed by atoms with Gasteiger partial charge in [-0.25, -0.2) is 6.08 Å². The Morgan fingerprint density at radius 2 is 1.58 bits per heavy atom. The predicted octanol–water partition coefficient (Wildman–Crippen LogP) is 3.09. The molecule has 196 valence electrons. The van der Waals surface area contributed by atoms with Crippen LogP contribution in [0.1, 0.15) is 62.4 Å². The first-order chi connectivity index (χ1) is 17.1. The molecule has 0 saturated carbocycles. The van der Waals surface area contributed by atoms with E-state index >= 15 is 0 Å². The van der Waals surface area contributed by atoms with Crippen LogP contribution in [-0.2, 0) is 30.7 Å². The van der Waals surface area contributed by atoms with Crippen molar-refractivity contribution in [2.24, 2.45) is 11.3 Å². The molecule has 0 amide bonds. The summed E-state index contributed by atoms with van der Waals surface area (Å²) < 4.78 is 1.46. The van der Waals surface area contributed by atoms with Gasteiger partial charge in [-0.05, 0) is 12.0 Å². The maximum Gasteiger partial charge on any atom is -1.00 e. The quantitative estimate of drug-likeness (QED) is 0.310. The largest absolute Gasteiger partial charge is 1.00 e. The van der Waals surface area contributed by atoms with Crippen LogP contribution >= 0.6 is 0 Å². The Morgan fingerprint density at radius 1 is 0.947 bits per heavy atom. The molecule has 0 bridgehead atoms. The normalized spacial score (nSPS) is 14.1. The summed E-state index contributed by atoms with van der Waals surface area (Å²) in [5.74, 6) is 0.522. The molecule has 38 heavy (non-hydrogen) atoms. The minimum atomic E-state index is 0. The standard InChI is InChI=1S/C17H13.C10H15.C8H8.2ClH.Zr/c1-3-12-5-7-14-11-15-8-6-13(4-2)10-17(15)16(14)9-12;1-8-5-6-9(7-8)10(2,3)4;1-2-8-6-4-3-5-7-8;;;/h3-7,9-10H,1-2,11H2;6-8H,1-4H3;3-7H,1H3;2*1H;/q2*-1;;;;+2/p-2. The first-order valence-electron chi connectivity index (χ1n) is 12.5. The van der Waals surface area contributed by atoms with Crippen molar-refractivity contribution in [3.8, 4) is 11.1 Å². The number of allylic oxidation sites excluding steroid dienone is 4. The Kier molecular flexibility index (Phi) is 13.9. The summed E-state index contributed by atoms with van der Waals surface area (Å²) in [6, 6.07) is 24.5. The molecule has 0 nitrogen and oxygen atoms in total. The van der Waals surface area contributed by atoms with Crippen LogP contribution in [0.3, 0.4) is 0 Å². The second-order valence-electron chi connectivity index (χ2n) is 10.3. The number of fused-ring (bicyclic) bond motifs is 3. The third kappa shape index (κ3) is 9.30. The maximum absolute atomic E-state index is 3.82. The fourth-order valence-electron chi connectivity index (χ4n) is 4.11. The van der Waals surface area contributed by atoms with E-state index in [2.05, 4.69) is 121 Å². The van der Waals surface area contributed by atoms with Gasteiger partial charge in [-0.15, -0.1) is 23.8 Å². The fraction of sp³-hybridized carbons (Fsp3) is 0.229. The Labute approximate surface area is 257 Å². The van der Waals surface area contributed by atoms with Crippen molar-refractivity contribution in [2.45, 2.75) is 41.0 Å². The van der Waals surface area contributed by atoms with Gasteiger partial charge in [-0.1, -0.05) is 81.0 Å². The topological polar surface area (TPSA) is 0 Å². The number of halogens is 2. The van der Waals surface area contributed by atoms with Gasteiger partial charge in [0.15, 0.2) is 0 Å². The number of hydrogen-bond donors (Lipinski definition) is 0. The molecule has 2 aliphatic carbocycles. The zero-order chi connectivity index (χ0) is 26.3. The Balaban J connectivity index is 0.000000299. The van der Waals surface area contributed by atoms with Crippen molar-refractivity contribution in [3.05, 3.63) is 132 Å². The van der Waals surface area contributed by atoms with Crippen molar-refractivity contribution in [1.29, 1.82) is 0 Å². The number of hydrogen-bond acceptors (Lipinski definition) is 0. The van der Waals surface area contributed by atoms with Gasteiger partial charge in [0.05, 0.1) is 0 Å². The van der Waals surface area contributed by atoms with Gasteiger partial charge < -0.3 is 24.8 Å². The SMILES string of the molecule is C=Cc1c[c-]c2c(c1)-c1cc(C=C)ccc1C2.CC1[C-]=CC(C(C)(C)C)=C1.C[C](=[Zr+2])c1ccccc1.[Cl-].[Cl-]. The summed E-state index contributed by atoms with van der Waals surface area (Å²) in [6.45, 7) is 18.6. The summed E-state index contributed by atoms with van der Waals surface area (Å²) in [5.41, 5.74) is 10.7. The molecule has 0 spiro atoms. The second kappa shape index (κ2) is 15.5. The van der Waals surface area contributed by atoms with E-state index < -0.39 is 0 Å². The fourth-order valence-corrected chi connectivity index (χ4v) is 4.52. The number of benzene rings is 3. The first kappa shape index (κ1) is 34.0. The minimum Gasteiger partial charge on any atom is -1.00 e. The third-order valence-corrected chi connectivity index (χ3v) is 7.03. The molecule has 0 fully saturated rings. The molecule has 3 aromatic rings. The van der Waals surface area contributed by atoms with Crippen LogP contribution < -0.4 is 24.8 Å². The second-order valence-corrected chi connectivity index (χ2v) is 12.1. The molecule has 0 radical (unpaired) electrons. The molecule has 2 aliphatic rings. The van der Waals surface area contributed by atoms with Crippen LogP contribution in [0, 0.1) is 23.5 Å². The van der Waals surface area contributed by atoms with Crippen LogP contribution in [0.5, 0.6) is 0 Å². The van der Waals surface area contributed by atoms with Crippen LogP contribution in [-0.4, -0.2) is 3.21 Å². The van der Waals surface area contributed by atoms with E-state index in [4.69, 9.17) is 0 Å². The summed E-state index contributed by atoms with van der Waals surface area (Å²) in [5, 5.41) is 0. The van der Waals surface area contributed by atoms with E-state index in [0.717, 1.165) is 12.0 Å². The molecule has 3 heteroatoms. The third-order valence-electron chi connectivity index (χ3n) is 6.32. The molecule has 5 rings (SSSR count). The first-order valence-corrected chi connectivity index (χ1v) is 13.7. The van der Waals surface area contributed by atoms with E-state index in [1.165, 1.54) is 66.4 Å². The minimum absolute atomic E-state index is 0. The molecule has 1 unspecified atom stereocenters. The van der Waals surface area contributed by atoms with Crippen molar-refractivity contribution >= 4 is 15.4 Å². The molecule has 0 aromatic heterocycles. The van der Waals surface area contributed by atoms with Crippen molar-refractivity contribution < 1.29 is 49.0 Å². The van der Waals surface area contributed by atoms with Crippen molar-refractivity contribution in [1.82, 2.24) is 0 Å². The molecule has 0 aliphatic heterocycles. The molecule has 0 heterocycles. The molecule has 3 aromatic carbocycles. The zero-order valence-corrected chi connectivity index (χ0v) is 27.0. The summed E-state index contributed by atoms with van der Waals surface area (Å²) in [6.07, 6.45) is 12.4. The Morgan fingerprint density at radius 3 is 2.05 bits per heavy atom. The molecular weight excluding hydrogens is 583 g/mol. The Bertz CT molecular complexity index is 1250. The van der Waals surface area contributed by atoms with E-state index in [-0.39, 0.29) is 24.8 Å². The van der Waals surface area contributed by atoms with Crippen LogP contribution in [0.15, 0.2) is 91.5 Å². The van der Waals surface area contributed by atoms with E-state index in [0.29, 0.717) is 11.3 Å². The summed E-state index contributed by atoms with van der Waals surface area (Å²) in [7, 11) is 0. The van der Waals surface area contributed by atoms with Gasteiger partial charge in [0.25, 0.3) is 0 Å². The van der Waals surface area contributed by atoms with Crippen LogP contribution in [0.4, 0.5) is 0 Å². The number of rotatable bonds is 3. The predicted molar refractivity (Wildman–Crippen MR) is 154 cm³/mol. The molecule has 1 atom stereocenters. The van der Waals surface area contributed by atoms with Gasteiger partial charge >= 0.3 is 70.3 Å². The average molecular weight is 619 g/mol. The summed E-state index contributed by atoms with van der Waals surface area (Å²) in [4.78, 5) is 0. The Hall–Kier alpha value is -2.05.